The Hall–Kier alpha value is -0.810. The van der Waals surface area contributed by atoms with Crippen LogP contribution >= 0.6 is 0 Å². The molecule has 0 radical (unpaired) electrons. The highest BCUT2D eigenvalue weighted by Crippen LogP contribution is 2.12. The first-order valence-corrected chi connectivity index (χ1v) is 5.92. The molecule has 1 N–H and O–H groups in total. The molecule has 1 aliphatic rings. The number of urea groups is 1. The average Bonchev–Trinajstić information content (AvgIpc) is 2.29. The lowest BCUT2D eigenvalue weighted by molar-refractivity contribution is -0.0859. The summed E-state index contributed by atoms with van der Waals surface area (Å²) in [6.07, 6.45) is -0.256. The minimum atomic E-state index is -0.247. The fourth-order valence-electron chi connectivity index (χ4n) is 2.00. The third-order valence-corrected chi connectivity index (χ3v) is 2.83. The van der Waals surface area contributed by atoms with Crippen LogP contribution in [0.25, 0.3) is 0 Å². The van der Waals surface area contributed by atoms with Crippen LogP contribution in [0.3, 0.4) is 0 Å². The molecule has 1 fully saturated rings. The second kappa shape index (κ2) is 6.06. The van der Waals surface area contributed by atoms with Crippen molar-refractivity contribution in [3.63, 3.8) is 0 Å². The highest BCUT2D eigenvalue weighted by Gasteiger charge is 2.29. The molecule has 1 saturated heterocycles. The van der Waals surface area contributed by atoms with Gasteiger partial charge in [-0.15, -0.1) is 0 Å². The van der Waals surface area contributed by atoms with Crippen molar-refractivity contribution in [1.82, 2.24) is 9.80 Å². The topological polar surface area (TPSA) is 53.0 Å². The molecule has 5 nitrogen and oxygen atoms in total. The normalized spacial score (nSPS) is 25.6. The number of hydrogen-bond donors (Lipinski definition) is 1. The van der Waals surface area contributed by atoms with E-state index >= 15 is 0 Å². The number of rotatable bonds is 3. The van der Waals surface area contributed by atoms with Gasteiger partial charge in [-0.1, -0.05) is 0 Å². The fourth-order valence-corrected chi connectivity index (χ4v) is 2.00. The molecular formula is C11H22N2O3. The smallest absolute Gasteiger partial charge is 0.320 e. The summed E-state index contributed by atoms with van der Waals surface area (Å²) in [5, 5.41) is 9.08. The van der Waals surface area contributed by atoms with Crippen molar-refractivity contribution in [2.45, 2.75) is 33.0 Å². The first-order chi connectivity index (χ1) is 7.62. The van der Waals surface area contributed by atoms with E-state index in [1.165, 1.54) is 0 Å². The van der Waals surface area contributed by atoms with Crippen LogP contribution in [-0.4, -0.2) is 65.9 Å². The highest BCUT2D eigenvalue weighted by molar-refractivity contribution is 5.74. The van der Waals surface area contributed by atoms with Crippen molar-refractivity contribution in [3.05, 3.63) is 0 Å². The zero-order valence-corrected chi connectivity index (χ0v) is 10.3. The third-order valence-electron chi connectivity index (χ3n) is 2.83. The summed E-state index contributed by atoms with van der Waals surface area (Å²) in [5.74, 6) is 0. The number of aliphatic hydroxyl groups is 1. The van der Waals surface area contributed by atoms with E-state index in [-0.39, 0.29) is 24.8 Å². The number of nitrogens with zero attached hydrogens (tertiary/aromatic N) is 2. The minimum absolute atomic E-state index is 0.00888. The standard InChI is InChI=1S/C11H22N2O3/c1-4-12(5-2)11(15)13-6-9(3)16-10(7-13)8-14/h9-10,14H,4-8H2,1-3H3. The van der Waals surface area contributed by atoms with E-state index in [0.717, 1.165) is 0 Å². The second-order valence-corrected chi connectivity index (χ2v) is 4.11. The van der Waals surface area contributed by atoms with Gasteiger partial charge >= 0.3 is 6.03 Å². The Bertz CT molecular complexity index is 231. The number of aliphatic hydroxyl groups excluding tert-OH is 1. The van der Waals surface area contributed by atoms with Gasteiger partial charge in [0.15, 0.2) is 0 Å². The van der Waals surface area contributed by atoms with Crippen LogP contribution in [0.15, 0.2) is 0 Å². The molecule has 0 aliphatic carbocycles. The van der Waals surface area contributed by atoms with Crippen molar-refractivity contribution in [2.24, 2.45) is 0 Å². The van der Waals surface area contributed by atoms with Gasteiger partial charge in [0, 0.05) is 19.6 Å². The van der Waals surface area contributed by atoms with Crippen LogP contribution in [0.5, 0.6) is 0 Å². The summed E-state index contributed by atoms with van der Waals surface area (Å²) < 4.78 is 5.50. The molecule has 0 aromatic heterocycles. The van der Waals surface area contributed by atoms with Gasteiger partial charge in [-0.05, 0) is 20.8 Å². The van der Waals surface area contributed by atoms with Crippen molar-refractivity contribution >= 4 is 6.03 Å². The maximum atomic E-state index is 12.1. The van der Waals surface area contributed by atoms with E-state index in [1.54, 1.807) is 9.80 Å². The molecule has 2 unspecified atom stereocenters. The Morgan fingerprint density at radius 1 is 1.44 bits per heavy atom. The first kappa shape index (κ1) is 13.3. The molecular weight excluding hydrogens is 208 g/mol. The number of carbonyl (C=O) groups excluding carboxylic acids is 1. The van der Waals surface area contributed by atoms with Crippen LogP contribution in [-0.2, 0) is 4.74 Å². The Labute approximate surface area is 97.0 Å². The lowest BCUT2D eigenvalue weighted by Crippen LogP contribution is -2.54. The highest BCUT2D eigenvalue weighted by atomic mass is 16.5. The van der Waals surface area contributed by atoms with Gasteiger partial charge in [-0.25, -0.2) is 4.79 Å². The van der Waals surface area contributed by atoms with Crippen LogP contribution in [0.2, 0.25) is 0 Å². The Balaban J connectivity index is 2.60. The molecule has 0 spiro atoms. The van der Waals surface area contributed by atoms with Gasteiger partial charge < -0.3 is 19.6 Å². The first-order valence-electron chi connectivity index (χ1n) is 5.92. The van der Waals surface area contributed by atoms with Gasteiger partial charge in [-0.3, -0.25) is 0 Å². The van der Waals surface area contributed by atoms with E-state index in [0.29, 0.717) is 26.2 Å². The Kier molecular flexibility index (Phi) is 5.02. The van der Waals surface area contributed by atoms with Crippen LogP contribution < -0.4 is 0 Å². The summed E-state index contributed by atoms with van der Waals surface area (Å²) in [6.45, 7) is 8.33. The van der Waals surface area contributed by atoms with Gasteiger partial charge in [-0.2, -0.15) is 0 Å². The maximum absolute atomic E-state index is 12.1. The van der Waals surface area contributed by atoms with Gasteiger partial charge in [0.05, 0.1) is 25.4 Å². The van der Waals surface area contributed by atoms with Crippen LogP contribution in [0.4, 0.5) is 4.79 Å². The largest absolute Gasteiger partial charge is 0.394 e. The molecule has 0 bridgehead atoms. The van der Waals surface area contributed by atoms with Crippen LogP contribution in [0.1, 0.15) is 20.8 Å². The number of ether oxygens (including phenoxy) is 1. The molecule has 0 aromatic rings. The number of amides is 2. The number of carbonyl (C=O) groups is 1. The van der Waals surface area contributed by atoms with Crippen molar-refractivity contribution in [2.75, 3.05) is 32.8 Å². The van der Waals surface area contributed by atoms with Crippen molar-refractivity contribution in [1.29, 1.82) is 0 Å². The maximum Gasteiger partial charge on any atom is 0.320 e. The van der Waals surface area contributed by atoms with E-state index in [1.807, 2.05) is 20.8 Å². The SMILES string of the molecule is CCN(CC)C(=O)N1CC(C)OC(CO)C1. The molecule has 0 aromatic carbocycles. The van der Waals surface area contributed by atoms with E-state index < -0.39 is 0 Å². The fraction of sp³-hybridized carbons (Fsp3) is 0.909. The molecule has 2 atom stereocenters. The average molecular weight is 230 g/mol. The molecule has 2 amide bonds. The summed E-state index contributed by atoms with van der Waals surface area (Å²) in [7, 11) is 0. The van der Waals surface area contributed by atoms with Gasteiger partial charge in [0.1, 0.15) is 0 Å². The molecule has 1 heterocycles. The summed E-state index contributed by atoms with van der Waals surface area (Å²) in [6, 6.07) is 0.0404. The predicted octanol–water partition coefficient (Wildman–Crippen LogP) is 0.530. The third kappa shape index (κ3) is 3.09. The van der Waals surface area contributed by atoms with E-state index in [2.05, 4.69) is 0 Å². The molecule has 94 valence electrons. The van der Waals surface area contributed by atoms with Crippen molar-refractivity contribution in [3.8, 4) is 0 Å². The van der Waals surface area contributed by atoms with Gasteiger partial charge in [0.25, 0.3) is 0 Å². The number of hydrogen-bond acceptors (Lipinski definition) is 3. The Morgan fingerprint density at radius 3 is 2.56 bits per heavy atom. The summed E-state index contributed by atoms with van der Waals surface area (Å²) >= 11 is 0. The molecule has 0 saturated carbocycles. The molecule has 16 heavy (non-hydrogen) atoms. The second-order valence-electron chi connectivity index (χ2n) is 4.11. The molecule has 1 rings (SSSR count). The zero-order valence-electron chi connectivity index (χ0n) is 10.3. The van der Waals surface area contributed by atoms with Crippen molar-refractivity contribution < 1.29 is 14.6 Å². The van der Waals surface area contributed by atoms with Gasteiger partial charge in [0.2, 0.25) is 0 Å². The monoisotopic (exact) mass is 230 g/mol. The zero-order chi connectivity index (χ0) is 12.1. The molecule has 5 heteroatoms. The summed E-state index contributed by atoms with van der Waals surface area (Å²) in [4.78, 5) is 15.6. The quantitative estimate of drug-likeness (QED) is 0.769. The number of morpholine rings is 1. The summed E-state index contributed by atoms with van der Waals surface area (Å²) in [5.41, 5.74) is 0. The molecule has 1 aliphatic heterocycles. The van der Waals surface area contributed by atoms with E-state index in [9.17, 15) is 4.79 Å². The van der Waals surface area contributed by atoms with Crippen LogP contribution in [0, 0.1) is 0 Å². The van der Waals surface area contributed by atoms with E-state index in [4.69, 9.17) is 9.84 Å². The Morgan fingerprint density at radius 2 is 2.06 bits per heavy atom. The predicted molar refractivity (Wildman–Crippen MR) is 61.3 cm³/mol. The minimum Gasteiger partial charge on any atom is -0.394 e. The lowest BCUT2D eigenvalue weighted by Gasteiger charge is -2.38. The lowest BCUT2D eigenvalue weighted by atomic mass is 10.2.